The summed E-state index contributed by atoms with van der Waals surface area (Å²) < 4.78 is 28.4. The summed E-state index contributed by atoms with van der Waals surface area (Å²) in [6.07, 6.45) is 2.06. The van der Waals surface area contributed by atoms with Crippen molar-refractivity contribution in [2.75, 3.05) is 39.3 Å². The summed E-state index contributed by atoms with van der Waals surface area (Å²) in [7, 11) is -3.44. The fraction of sp³-hybridized carbons (Fsp3) is 0.429. The lowest BCUT2D eigenvalue weighted by Gasteiger charge is -2.51. The molecule has 0 N–H and O–H groups in total. The number of fused-ring (bicyclic) bond motifs is 3. The first-order valence-electron chi connectivity index (χ1n) is 15.9. The van der Waals surface area contributed by atoms with Gasteiger partial charge < -0.3 is 9.80 Å². The predicted molar refractivity (Wildman–Crippen MR) is 182 cm³/mol. The summed E-state index contributed by atoms with van der Waals surface area (Å²) >= 11 is 12.6. The maximum atomic E-state index is 13.9. The van der Waals surface area contributed by atoms with Gasteiger partial charge in [0.15, 0.2) is 0 Å². The minimum absolute atomic E-state index is 0.00359. The summed E-state index contributed by atoms with van der Waals surface area (Å²) in [5.41, 5.74) is 4.32. The maximum absolute atomic E-state index is 13.9. The van der Waals surface area contributed by atoms with Gasteiger partial charge in [0, 0.05) is 63.3 Å². The largest absolute Gasteiger partial charge is 0.334 e. The maximum Gasteiger partial charge on any atom is 0.254 e. The van der Waals surface area contributed by atoms with Crippen LogP contribution >= 0.6 is 23.2 Å². The highest BCUT2D eigenvalue weighted by atomic mass is 35.5. The van der Waals surface area contributed by atoms with E-state index in [0.717, 1.165) is 35.1 Å². The number of halogens is 2. The van der Waals surface area contributed by atoms with E-state index in [4.69, 9.17) is 23.2 Å². The van der Waals surface area contributed by atoms with Crippen LogP contribution in [0.15, 0.2) is 66.7 Å². The number of benzene rings is 3. The van der Waals surface area contributed by atoms with Crippen molar-refractivity contribution in [3.05, 3.63) is 105 Å². The molecule has 3 aromatic carbocycles. The lowest BCUT2D eigenvalue weighted by molar-refractivity contribution is -0.136. The van der Waals surface area contributed by atoms with Crippen molar-refractivity contribution in [1.29, 1.82) is 0 Å². The molecule has 46 heavy (non-hydrogen) atoms. The summed E-state index contributed by atoms with van der Waals surface area (Å²) in [6.45, 7) is 6.78. The first-order chi connectivity index (χ1) is 22.0. The van der Waals surface area contributed by atoms with Gasteiger partial charge in [0.2, 0.25) is 15.9 Å². The number of aryl methyl sites for hydroxylation is 2. The molecular formula is C35H40Cl2N4O4S. The topological polar surface area (TPSA) is 81.2 Å². The number of rotatable bonds is 8. The van der Waals surface area contributed by atoms with E-state index in [9.17, 15) is 18.0 Å². The van der Waals surface area contributed by atoms with Crippen molar-refractivity contribution < 1.29 is 18.0 Å². The molecule has 0 saturated carbocycles. The van der Waals surface area contributed by atoms with E-state index in [1.54, 1.807) is 16.4 Å². The Morgan fingerprint density at radius 1 is 0.826 bits per heavy atom. The van der Waals surface area contributed by atoms with Crippen LogP contribution in [0.4, 0.5) is 0 Å². The monoisotopic (exact) mass is 682 g/mol. The highest BCUT2D eigenvalue weighted by Crippen LogP contribution is 2.34. The number of carbonyl (C=O) groups is 2. The van der Waals surface area contributed by atoms with E-state index in [1.165, 1.54) is 0 Å². The molecule has 2 bridgehead atoms. The standard InChI is InChI=1S/C35H40Cl2N4O4S/c1-24-16-25(2)18-28(17-24)35(43)39-14-15-40(33(22-39)27-8-11-31(36)32(37)19-27)34(42)12-13-38-20-30-10-9-29(38)21-41(30)46(44,45)23-26-6-4-3-5-7-26/h3-8,11,16-19,29-30,33H,9-10,12-15,20-23H2,1-2H3. The van der Waals surface area contributed by atoms with Gasteiger partial charge in [0.1, 0.15) is 0 Å². The van der Waals surface area contributed by atoms with Gasteiger partial charge in [0.05, 0.1) is 21.8 Å². The fourth-order valence-corrected chi connectivity index (χ4v) is 9.41. The molecule has 11 heteroatoms. The molecule has 0 aromatic heterocycles. The number of nitrogens with zero attached hydrogens (tertiary/aromatic N) is 4. The van der Waals surface area contributed by atoms with Crippen LogP contribution in [0.2, 0.25) is 10.0 Å². The van der Waals surface area contributed by atoms with E-state index in [0.29, 0.717) is 61.3 Å². The van der Waals surface area contributed by atoms with Crippen molar-refractivity contribution in [3.8, 4) is 0 Å². The summed E-state index contributed by atoms with van der Waals surface area (Å²) in [6, 6.07) is 20.2. The van der Waals surface area contributed by atoms with Crippen molar-refractivity contribution in [1.82, 2.24) is 19.0 Å². The van der Waals surface area contributed by atoms with Crippen LogP contribution in [-0.2, 0) is 20.6 Å². The second-order valence-corrected chi connectivity index (χ2v) is 15.6. The molecule has 4 saturated heterocycles. The van der Waals surface area contributed by atoms with Gasteiger partial charge in [-0.05, 0) is 62.1 Å². The van der Waals surface area contributed by atoms with Gasteiger partial charge in [-0.1, -0.05) is 76.8 Å². The zero-order valence-corrected chi connectivity index (χ0v) is 28.6. The second-order valence-electron chi connectivity index (χ2n) is 12.8. The minimum Gasteiger partial charge on any atom is -0.334 e. The number of hydrogen-bond donors (Lipinski definition) is 0. The van der Waals surface area contributed by atoms with Gasteiger partial charge in [-0.15, -0.1) is 0 Å². The predicted octanol–water partition coefficient (Wildman–Crippen LogP) is 5.70. The average Bonchev–Trinajstić information content (AvgIpc) is 3.04. The fourth-order valence-electron chi connectivity index (χ4n) is 7.29. The Bertz CT molecular complexity index is 1700. The van der Waals surface area contributed by atoms with Crippen molar-refractivity contribution in [2.45, 2.75) is 57.0 Å². The van der Waals surface area contributed by atoms with Gasteiger partial charge in [0.25, 0.3) is 5.91 Å². The molecule has 0 radical (unpaired) electrons. The molecule has 3 unspecified atom stereocenters. The Hall–Kier alpha value is -2.95. The molecule has 4 aliphatic rings. The van der Waals surface area contributed by atoms with Crippen LogP contribution in [0.25, 0.3) is 0 Å². The molecule has 3 atom stereocenters. The van der Waals surface area contributed by atoms with Crippen LogP contribution in [0, 0.1) is 13.8 Å². The SMILES string of the molecule is Cc1cc(C)cc(C(=O)N2CCN(C(=O)CCN3CC4CCC3CN4S(=O)(=O)Cc3ccccc3)C(c3ccc(Cl)c(Cl)c3)C2)c1. The van der Waals surface area contributed by atoms with E-state index in [-0.39, 0.29) is 35.7 Å². The first kappa shape index (κ1) is 33.0. The number of hydrogen-bond acceptors (Lipinski definition) is 5. The molecule has 0 aliphatic carbocycles. The first-order valence-corrected chi connectivity index (χ1v) is 18.2. The Labute approximate surface area is 281 Å². The third-order valence-electron chi connectivity index (χ3n) is 9.54. The zero-order chi connectivity index (χ0) is 32.6. The molecule has 4 heterocycles. The van der Waals surface area contributed by atoms with Crippen molar-refractivity contribution in [2.24, 2.45) is 0 Å². The van der Waals surface area contributed by atoms with Crippen LogP contribution < -0.4 is 0 Å². The summed E-state index contributed by atoms with van der Waals surface area (Å²) in [4.78, 5) is 33.5. The lowest BCUT2D eigenvalue weighted by Crippen LogP contribution is -2.64. The lowest BCUT2D eigenvalue weighted by atomic mass is 9.92. The van der Waals surface area contributed by atoms with Gasteiger partial charge in [-0.25, -0.2) is 8.42 Å². The zero-order valence-electron chi connectivity index (χ0n) is 26.2. The molecule has 244 valence electrons. The van der Waals surface area contributed by atoms with Crippen LogP contribution in [-0.4, -0.2) is 90.6 Å². The molecule has 2 amide bonds. The van der Waals surface area contributed by atoms with E-state index in [2.05, 4.69) is 4.90 Å². The van der Waals surface area contributed by atoms with Crippen LogP contribution in [0.5, 0.6) is 0 Å². The number of carbonyl (C=O) groups excluding carboxylic acids is 2. The third-order valence-corrected chi connectivity index (χ3v) is 12.1. The van der Waals surface area contributed by atoms with Gasteiger partial charge in [-0.3, -0.25) is 14.5 Å². The Balaban J connectivity index is 1.13. The molecule has 4 fully saturated rings. The van der Waals surface area contributed by atoms with Crippen LogP contribution in [0.1, 0.15) is 57.9 Å². The molecule has 8 nitrogen and oxygen atoms in total. The Kier molecular flexibility index (Phi) is 9.78. The molecule has 0 spiro atoms. The number of piperazine rings is 2. The quantitative estimate of drug-likeness (QED) is 0.304. The van der Waals surface area contributed by atoms with Gasteiger partial charge >= 0.3 is 0 Å². The van der Waals surface area contributed by atoms with E-state index in [1.807, 2.05) is 78.2 Å². The van der Waals surface area contributed by atoms with Crippen LogP contribution in [0.3, 0.4) is 0 Å². The average molecular weight is 684 g/mol. The number of amides is 2. The van der Waals surface area contributed by atoms with E-state index >= 15 is 0 Å². The third kappa shape index (κ3) is 7.14. The second kappa shape index (κ2) is 13.6. The molecule has 7 rings (SSSR count). The smallest absolute Gasteiger partial charge is 0.254 e. The normalized spacial score (nSPS) is 22.3. The number of sulfonamides is 1. The molecule has 4 aliphatic heterocycles. The van der Waals surface area contributed by atoms with Crippen molar-refractivity contribution in [3.63, 3.8) is 0 Å². The van der Waals surface area contributed by atoms with Gasteiger partial charge in [-0.2, -0.15) is 4.31 Å². The minimum atomic E-state index is -3.44. The molecule has 3 aromatic rings. The molecular weight excluding hydrogens is 643 g/mol. The Morgan fingerprint density at radius 3 is 2.22 bits per heavy atom. The van der Waals surface area contributed by atoms with Crippen molar-refractivity contribution >= 4 is 45.0 Å². The number of piperidine rings is 2. The summed E-state index contributed by atoms with van der Waals surface area (Å²) in [5.74, 6) is -0.0477. The summed E-state index contributed by atoms with van der Waals surface area (Å²) in [5, 5.41) is 0.836. The highest BCUT2D eigenvalue weighted by Gasteiger charge is 2.44. The Morgan fingerprint density at radius 2 is 1.54 bits per heavy atom. The highest BCUT2D eigenvalue weighted by molar-refractivity contribution is 7.88. The van der Waals surface area contributed by atoms with E-state index < -0.39 is 10.0 Å².